The molecule has 2 heterocycles. The summed E-state index contributed by atoms with van der Waals surface area (Å²) in [6.07, 6.45) is 3.60. The molecule has 3 nitrogen and oxygen atoms in total. The summed E-state index contributed by atoms with van der Waals surface area (Å²) >= 11 is 0. The van der Waals surface area contributed by atoms with Crippen LogP contribution in [-0.4, -0.2) is 9.55 Å². The largest absolute Gasteiger partial charge is 0.339 e. The number of aromatic nitrogens is 2. The van der Waals surface area contributed by atoms with Crippen molar-refractivity contribution in [1.82, 2.24) is 9.55 Å². The highest BCUT2D eigenvalue weighted by molar-refractivity contribution is 5.94. The van der Waals surface area contributed by atoms with Gasteiger partial charge in [-0.2, -0.15) is 0 Å². The second-order valence-corrected chi connectivity index (χ2v) is 5.73. The number of nitrogens with zero attached hydrogens (tertiary/aromatic N) is 1. The van der Waals surface area contributed by atoms with Crippen LogP contribution in [0.15, 0.2) is 77.9 Å². The zero-order valence-electron chi connectivity index (χ0n) is 12.9. The van der Waals surface area contributed by atoms with Gasteiger partial charge in [0.05, 0.1) is 0 Å². The molecule has 0 spiro atoms. The maximum absolute atomic E-state index is 13.2. The van der Waals surface area contributed by atoms with E-state index in [1.807, 2.05) is 47.2 Å². The van der Waals surface area contributed by atoms with Gasteiger partial charge in [0.15, 0.2) is 0 Å². The molecule has 118 valence electrons. The maximum atomic E-state index is 13.2. The number of nitrogens with one attached hydrogen (secondary N) is 1. The fourth-order valence-corrected chi connectivity index (χ4v) is 3.01. The molecule has 0 radical (unpaired) electrons. The van der Waals surface area contributed by atoms with E-state index in [9.17, 15) is 9.18 Å². The van der Waals surface area contributed by atoms with Crippen LogP contribution in [0.3, 0.4) is 0 Å². The average Bonchev–Trinajstić information content (AvgIpc) is 3.02. The van der Waals surface area contributed by atoms with E-state index in [-0.39, 0.29) is 11.4 Å². The molecular weight excluding hydrogens is 303 g/mol. The molecule has 0 saturated carbocycles. The second-order valence-electron chi connectivity index (χ2n) is 5.73. The van der Waals surface area contributed by atoms with Gasteiger partial charge in [0.25, 0.3) is 5.56 Å². The van der Waals surface area contributed by atoms with Crippen LogP contribution >= 0.6 is 0 Å². The Balaban J connectivity index is 1.86. The molecule has 0 atom stereocenters. The third-order valence-corrected chi connectivity index (χ3v) is 4.17. The van der Waals surface area contributed by atoms with E-state index in [0.717, 1.165) is 22.1 Å². The highest BCUT2D eigenvalue weighted by atomic mass is 19.1. The SMILES string of the molecule is O=c1[nH]cc(-c2ccc(F)cc2)c2ccn(Cc3ccccc3)c12. The van der Waals surface area contributed by atoms with Gasteiger partial charge in [0, 0.05) is 29.9 Å². The molecule has 2 aromatic heterocycles. The van der Waals surface area contributed by atoms with Crippen LogP contribution in [0.2, 0.25) is 0 Å². The standard InChI is InChI=1S/C20H15FN2O/c21-16-8-6-15(7-9-16)18-12-22-20(24)19-17(18)10-11-23(19)13-14-4-2-1-3-5-14/h1-12H,13H2,(H,22,24). The molecule has 2 aromatic carbocycles. The molecule has 0 fully saturated rings. The number of pyridine rings is 1. The fraction of sp³-hybridized carbons (Fsp3) is 0.0500. The number of aromatic amines is 1. The number of benzene rings is 2. The van der Waals surface area contributed by atoms with Crippen LogP contribution in [0.25, 0.3) is 22.0 Å². The van der Waals surface area contributed by atoms with E-state index >= 15 is 0 Å². The monoisotopic (exact) mass is 318 g/mol. The minimum absolute atomic E-state index is 0.128. The number of H-pyrrole nitrogens is 1. The molecule has 1 N–H and O–H groups in total. The molecule has 0 bridgehead atoms. The highest BCUT2D eigenvalue weighted by Crippen LogP contribution is 2.27. The van der Waals surface area contributed by atoms with Crippen LogP contribution in [0.1, 0.15) is 5.56 Å². The molecular formula is C20H15FN2O. The summed E-state index contributed by atoms with van der Waals surface area (Å²) in [6.45, 7) is 0.625. The molecule has 4 aromatic rings. The van der Waals surface area contributed by atoms with Crippen LogP contribution in [0.5, 0.6) is 0 Å². The van der Waals surface area contributed by atoms with Crippen molar-refractivity contribution in [3.05, 3.63) is 94.8 Å². The molecule has 4 rings (SSSR count). The van der Waals surface area contributed by atoms with E-state index in [1.165, 1.54) is 12.1 Å². The van der Waals surface area contributed by atoms with Gasteiger partial charge in [0.2, 0.25) is 0 Å². The molecule has 0 amide bonds. The highest BCUT2D eigenvalue weighted by Gasteiger charge is 2.11. The molecule has 0 saturated heterocycles. The van der Waals surface area contributed by atoms with E-state index in [1.54, 1.807) is 18.3 Å². The van der Waals surface area contributed by atoms with Crippen LogP contribution in [0.4, 0.5) is 4.39 Å². The normalized spacial score (nSPS) is 11.0. The molecule has 0 aliphatic heterocycles. The Bertz CT molecular complexity index is 1050. The smallest absolute Gasteiger partial charge is 0.272 e. The Morgan fingerprint density at radius 1 is 0.958 bits per heavy atom. The Kier molecular flexibility index (Phi) is 3.50. The van der Waals surface area contributed by atoms with Crippen molar-refractivity contribution >= 4 is 10.9 Å². The van der Waals surface area contributed by atoms with Crippen molar-refractivity contribution in [3.8, 4) is 11.1 Å². The van der Waals surface area contributed by atoms with Gasteiger partial charge in [-0.15, -0.1) is 0 Å². The van der Waals surface area contributed by atoms with Crippen molar-refractivity contribution in [1.29, 1.82) is 0 Å². The summed E-state index contributed by atoms with van der Waals surface area (Å²) in [5.74, 6) is -0.277. The van der Waals surface area contributed by atoms with Gasteiger partial charge >= 0.3 is 0 Å². The van der Waals surface area contributed by atoms with Gasteiger partial charge in [-0.1, -0.05) is 42.5 Å². The predicted octanol–water partition coefficient (Wildman–Crippen LogP) is 4.18. The first kappa shape index (κ1) is 14.5. The number of hydrogen-bond acceptors (Lipinski definition) is 1. The Hall–Kier alpha value is -3.14. The number of halogens is 1. The molecule has 0 unspecified atom stereocenters. The number of fused-ring (bicyclic) bond motifs is 1. The summed E-state index contributed by atoms with van der Waals surface area (Å²) in [5, 5.41) is 0.862. The van der Waals surface area contributed by atoms with Gasteiger partial charge in [-0.3, -0.25) is 4.79 Å². The lowest BCUT2D eigenvalue weighted by molar-refractivity contribution is 0.628. The van der Waals surface area contributed by atoms with Gasteiger partial charge in [0.1, 0.15) is 11.3 Å². The lowest BCUT2D eigenvalue weighted by Crippen LogP contribution is -2.11. The summed E-state index contributed by atoms with van der Waals surface area (Å²) in [6, 6.07) is 18.2. The second kappa shape index (κ2) is 5.81. The predicted molar refractivity (Wildman–Crippen MR) is 93.5 cm³/mol. The molecule has 0 aliphatic rings. The summed E-state index contributed by atoms with van der Waals surface area (Å²) in [7, 11) is 0. The van der Waals surface area contributed by atoms with Crippen LogP contribution in [-0.2, 0) is 6.54 Å². The fourth-order valence-electron chi connectivity index (χ4n) is 3.01. The minimum Gasteiger partial charge on any atom is -0.339 e. The summed E-state index contributed by atoms with van der Waals surface area (Å²) in [5.41, 5.74) is 3.38. The van der Waals surface area contributed by atoms with Gasteiger partial charge in [-0.25, -0.2) is 4.39 Å². The van der Waals surface area contributed by atoms with Crippen molar-refractivity contribution < 1.29 is 4.39 Å². The first-order valence-corrected chi connectivity index (χ1v) is 7.73. The topological polar surface area (TPSA) is 37.8 Å². The molecule has 24 heavy (non-hydrogen) atoms. The molecule has 0 aliphatic carbocycles. The Morgan fingerprint density at radius 2 is 1.71 bits per heavy atom. The minimum atomic E-state index is -0.277. The van der Waals surface area contributed by atoms with Crippen molar-refractivity contribution in [3.63, 3.8) is 0 Å². The number of rotatable bonds is 3. The van der Waals surface area contributed by atoms with Gasteiger partial charge in [-0.05, 0) is 29.3 Å². The first-order valence-electron chi connectivity index (χ1n) is 7.73. The Morgan fingerprint density at radius 3 is 2.46 bits per heavy atom. The summed E-state index contributed by atoms with van der Waals surface area (Å²) in [4.78, 5) is 15.2. The van der Waals surface area contributed by atoms with Crippen LogP contribution in [0, 0.1) is 5.82 Å². The first-order chi connectivity index (χ1) is 11.7. The summed E-state index contributed by atoms with van der Waals surface area (Å²) < 4.78 is 15.1. The lowest BCUT2D eigenvalue weighted by atomic mass is 10.0. The third-order valence-electron chi connectivity index (χ3n) is 4.17. The third kappa shape index (κ3) is 2.52. The average molecular weight is 318 g/mol. The zero-order chi connectivity index (χ0) is 16.5. The lowest BCUT2D eigenvalue weighted by Gasteiger charge is -2.07. The van der Waals surface area contributed by atoms with E-state index in [0.29, 0.717) is 12.1 Å². The van der Waals surface area contributed by atoms with Crippen molar-refractivity contribution in [2.24, 2.45) is 0 Å². The van der Waals surface area contributed by atoms with Crippen molar-refractivity contribution in [2.45, 2.75) is 6.54 Å². The van der Waals surface area contributed by atoms with E-state index in [2.05, 4.69) is 4.98 Å². The quantitative estimate of drug-likeness (QED) is 0.604. The van der Waals surface area contributed by atoms with E-state index < -0.39 is 0 Å². The zero-order valence-corrected chi connectivity index (χ0v) is 12.9. The van der Waals surface area contributed by atoms with Crippen LogP contribution < -0.4 is 5.56 Å². The van der Waals surface area contributed by atoms with Gasteiger partial charge < -0.3 is 9.55 Å². The number of hydrogen-bond donors (Lipinski definition) is 1. The molecule has 4 heteroatoms. The maximum Gasteiger partial charge on any atom is 0.272 e. The van der Waals surface area contributed by atoms with E-state index in [4.69, 9.17) is 0 Å². The van der Waals surface area contributed by atoms with Crippen molar-refractivity contribution in [2.75, 3.05) is 0 Å². The Labute approximate surface area is 138 Å².